The lowest BCUT2D eigenvalue weighted by Gasteiger charge is -2.11. The molecule has 0 unspecified atom stereocenters. The molecule has 0 bridgehead atoms. The average molecular weight is 382 g/mol. The number of rotatable bonds is 7. The van der Waals surface area contributed by atoms with Crippen molar-refractivity contribution in [3.05, 3.63) is 65.0 Å². The molecule has 3 aromatic rings. The van der Waals surface area contributed by atoms with Crippen LogP contribution in [0.1, 0.15) is 22.5 Å². The summed E-state index contributed by atoms with van der Waals surface area (Å²) in [6.07, 6.45) is 3.70. The molecule has 0 saturated heterocycles. The molecule has 0 N–H and O–H groups in total. The predicted molar refractivity (Wildman–Crippen MR) is 108 cm³/mol. The normalized spacial score (nSPS) is 11.1. The number of methoxy groups -OCH3 is 1. The van der Waals surface area contributed by atoms with E-state index in [-0.39, 0.29) is 0 Å². The summed E-state index contributed by atoms with van der Waals surface area (Å²) in [6, 6.07) is 14.0. The van der Waals surface area contributed by atoms with Gasteiger partial charge in [0.25, 0.3) is 0 Å². The van der Waals surface area contributed by atoms with Crippen LogP contribution in [0.4, 0.5) is 0 Å². The van der Waals surface area contributed by atoms with Gasteiger partial charge in [0.2, 0.25) is 5.16 Å². The highest BCUT2D eigenvalue weighted by Crippen LogP contribution is 2.28. The molecule has 0 spiro atoms. The van der Waals surface area contributed by atoms with E-state index in [0.29, 0.717) is 18.1 Å². The Bertz CT molecular complexity index is 936. The van der Waals surface area contributed by atoms with Gasteiger partial charge in [0, 0.05) is 0 Å². The molecule has 0 amide bonds. The fraction of sp³-hybridized carbons (Fsp3) is 0.250. The Morgan fingerprint density at radius 1 is 1.07 bits per heavy atom. The molecular formula is C20H22N4O2S. The first-order valence-corrected chi connectivity index (χ1v) is 9.70. The third-order valence-electron chi connectivity index (χ3n) is 3.98. The van der Waals surface area contributed by atoms with Crippen LogP contribution in [-0.2, 0) is 6.61 Å². The van der Waals surface area contributed by atoms with E-state index >= 15 is 0 Å². The third-order valence-corrected chi connectivity index (χ3v) is 4.60. The predicted octanol–water partition coefficient (Wildman–Crippen LogP) is 4.09. The lowest BCUT2D eigenvalue weighted by Crippen LogP contribution is -1.99. The minimum atomic E-state index is 0.487. The molecule has 0 fully saturated rings. The Balaban J connectivity index is 1.74. The van der Waals surface area contributed by atoms with Crippen molar-refractivity contribution in [2.75, 3.05) is 13.4 Å². The molecule has 6 nitrogen and oxygen atoms in total. The summed E-state index contributed by atoms with van der Waals surface area (Å²) in [7, 11) is 1.63. The van der Waals surface area contributed by atoms with Gasteiger partial charge >= 0.3 is 0 Å². The average Bonchev–Trinajstić information content (AvgIpc) is 3.05. The number of hydrogen-bond acceptors (Lipinski definition) is 6. The molecule has 2 aromatic carbocycles. The SMILES string of the molecule is COc1cc(/C=N\n2c(C)nnc2SC)ccc1OCc1ccc(C)cc1. The molecule has 0 radical (unpaired) electrons. The van der Waals surface area contributed by atoms with E-state index < -0.39 is 0 Å². The van der Waals surface area contributed by atoms with Crippen molar-refractivity contribution < 1.29 is 9.47 Å². The Morgan fingerprint density at radius 3 is 2.56 bits per heavy atom. The van der Waals surface area contributed by atoms with Gasteiger partial charge in [0.05, 0.1) is 13.3 Å². The third kappa shape index (κ3) is 4.68. The lowest BCUT2D eigenvalue weighted by molar-refractivity contribution is 0.284. The van der Waals surface area contributed by atoms with Gasteiger partial charge in [-0.2, -0.15) is 9.78 Å². The van der Waals surface area contributed by atoms with Gasteiger partial charge in [0.15, 0.2) is 17.3 Å². The van der Waals surface area contributed by atoms with E-state index in [1.165, 1.54) is 17.3 Å². The molecule has 3 rings (SSSR count). The van der Waals surface area contributed by atoms with E-state index in [1.807, 2.05) is 31.4 Å². The van der Waals surface area contributed by atoms with Crippen LogP contribution in [0.15, 0.2) is 52.7 Å². The summed E-state index contributed by atoms with van der Waals surface area (Å²) in [4.78, 5) is 0. The van der Waals surface area contributed by atoms with Gasteiger partial charge in [-0.1, -0.05) is 41.6 Å². The summed E-state index contributed by atoms with van der Waals surface area (Å²) < 4.78 is 13.1. The molecule has 0 aliphatic rings. The molecule has 7 heteroatoms. The molecule has 140 valence electrons. The first-order chi connectivity index (χ1) is 13.1. The Kier molecular flexibility index (Phi) is 6.13. The maximum Gasteiger partial charge on any atom is 0.211 e. The second-order valence-electron chi connectivity index (χ2n) is 5.97. The van der Waals surface area contributed by atoms with E-state index in [1.54, 1.807) is 18.0 Å². The van der Waals surface area contributed by atoms with Crippen molar-refractivity contribution in [3.63, 3.8) is 0 Å². The molecule has 0 aliphatic heterocycles. The number of nitrogens with zero attached hydrogens (tertiary/aromatic N) is 4. The minimum absolute atomic E-state index is 0.487. The molecule has 0 atom stereocenters. The van der Waals surface area contributed by atoms with Gasteiger partial charge in [0.1, 0.15) is 6.61 Å². The fourth-order valence-corrected chi connectivity index (χ4v) is 2.93. The van der Waals surface area contributed by atoms with Crippen LogP contribution in [-0.4, -0.2) is 34.5 Å². The monoisotopic (exact) mass is 382 g/mol. The van der Waals surface area contributed by atoms with Crippen molar-refractivity contribution >= 4 is 18.0 Å². The smallest absolute Gasteiger partial charge is 0.211 e. The maximum absolute atomic E-state index is 5.92. The van der Waals surface area contributed by atoms with Gasteiger partial charge in [-0.25, -0.2) is 0 Å². The van der Waals surface area contributed by atoms with Crippen LogP contribution in [0.25, 0.3) is 0 Å². The van der Waals surface area contributed by atoms with E-state index in [0.717, 1.165) is 22.1 Å². The standard InChI is InChI=1S/C20H22N4O2S/c1-14-5-7-16(8-6-14)13-26-18-10-9-17(11-19(18)25-3)12-21-24-15(2)22-23-20(24)27-4/h5-12H,13H2,1-4H3/b21-12-. The number of benzene rings is 2. The first-order valence-electron chi connectivity index (χ1n) is 8.47. The zero-order valence-electron chi connectivity index (χ0n) is 15.8. The van der Waals surface area contributed by atoms with Gasteiger partial charge < -0.3 is 9.47 Å². The Labute approximate surface area is 163 Å². The summed E-state index contributed by atoms with van der Waals surface area (Å²) in [5.74, 6) is 2.10. The molecule has 0 aliphatic carbocycles. The number of hydrogen-bond donors (Lipinski definition) is 0. The van der Waals surface area contributed by atoms with Crippen molar-refractivity contribution in [3.8, 4) is 11.5 Å². The summed E-state index contributed by atoms with van der Waals surface area (Å²) in [5.41, 5.74) is 3.24. The Hall–Kier alpha value is -2.80. The summed E-state index contributed by atoms with van der Waals surface area (Å²) >= 11 is 1.50. The Morgan fingerprint density at radius 2 is 1.85 bits per heavy atom. The second-order valence-corrected chi connectivity index (χ2v) is 6.75. The molecule has 1 aromatic heterocycles. The molecule has 1 heterocycles. The van der Waals surface area contributed by atoms with Crippen molar-refractivity contribution in [2.45, 2.75) is 25.6 Å². The van der Waals surface area contributed by atoms with Crippen LogP contribution >= 0.6 is 11.8 Å². The quantitative estimate of drug-likeness (QED) is 0.455. The highest BCUT2D eigenvalue weighted by Gasteiger charge is 2.08. The molecule has 0 saturated carbocycles. The van der Waals surface area contributed by atoms with Gasteiger partial charge in [-0.15, -0.1) is 10.2 Å². The zero-order chi connectivity index (χ0) is 19.2. The van der Waals surface area contributed by atoms with Crippen LogP contribution in [0.3, 0.4) is 0 Å². The summed E-state index contributed by atoms with van der Waals surface area (Å²) in [6.45, 7) is 4.42. The van der Waals surface area contributed by atoms with Crippen LogP contribution < -0.4 is 9.47 Å². The largest absolute Gasteiger partial charge is 0.493 e. The highest BCUT2D eigenvalue weighted by molar-refractivity contribution is 7.98. The minimum Gasteiger partial charge on any atom is -0.493 e. The van der Waals surface area contributed by atoms with Crippen molar-refractivity contribution in [1.29, 1.82) is 0 Å². The van der Waals surface area contributed by atoms with Crippen LogP contribution in [0, 0.1) is 13.8 Å². The highest BCUT2D eigenvalue weighted by atomic mass is 32.2. The first kappa shape index (κ1) is 19.0. The van der Waals surface area contributed by atoms with Crippen LogP contribution in [0.5, 0.6) is 11.5 Å². The zero-order valence-corrected chi connectivity index (χ0v) is 16.7. The van der Waals surface area contributed by atoms with E-state index in [9.17, 15) is 0 Å². The molecule has 27 heavy (non-hydrogen) atoms. The summed E-state index contributed by atoms with van der Waals surface area (Å²) in [5, 5.41) is 13.3. The topological polar surface area (TPSA) is 61.5 Å². The van der Waals surface area contributed by atoms with Gasteiger partial charge in [-0.3, -0.25) is 0 Å². The van der Waals surface area contributed by atoms with E-state index in [4.69, 9.17) is 9.47 Å². The van der Waals surface area contributed by atoms with Gasteiger partial charge in [-0.05, 0) is 49.4 Å². The van der Waals surface area contributed by atoms with Crippen LogP contribution in [0.2, 0.25) is 0 Å². The lowest BCUT2D eigenvalue weighted by atomic mass is 10.2. The number of aromatic nitrogens is 3. The van der Waals surface area contributed by atoms with E-state index in [2.05, 4.69) is 46.5 Å². The number of aryl methyl sites for hydroxylation is 2. The maximum atomic E-state index is 5.92. The number of thioether (sulfide) groups is 1. The van der Waals surface area contributed by atoms with Crippen molar-refractivity contribution in [2.24, 2.45) is 5.10 Å². The fourth-order valence-electron chi connectivity index (χ4n) is 2.45. The number of ether oxygens (including phenoxy) is 2. The second kappa shape index (κ2) is 8.73. The molecular weight excluding hydrogens is 360 g/mol. The van der Waals surface area contributed by atoms with Crippen molar-refractivity contribution in [1.82, 2.24) is 14.9 Å².